The van der Waals surface area contributed by atoms with Gasteiger partial charge in [0.15, 0.2) is 11.6 Å². The Morgan fingerprint density at radius 2 is 1.76 bits per heavy atom. The molecule has 0 saturated heterocycles. The summed E-state index contributed by atoms with van der Waals surface area (Å²) in [5, 5.41) is 16.0. The van der Waals surface area contributed by atoms with Crippen LogP contribution < -0.4 is 16.0 Å². The van der Waals surface area contributed by atoms with E-state index in [4.69, 9.17) is 5.26 Å². The molecule has 0 aromatic heterocycles. The Labute approximate surface area is 142 Å². The molecule has 1 unspecified atom stereocenters. The molecule has 0 bridgehead atoms. The highest BCUT2D eigenvalue weighted by molar-refractivity contribution is 5.94. The first kappa shape index (κ1) is 17.9. The van der Waals surface area contributed by atoms with Gasteiger partial charge in [0, 0.05) is 12.7 Å². The lowest BCUT2D eigenvalue weighted by Gasteiger charge is -2.18. The topological polar surface area (TPSA) is 94.0 Å². The molecule has 0 saturated carbocycles. The van der Waals surface area contributed by atoms with Gasteiger partial charge in [-0.3, -0.25) is 4.79 Å². The normalized spacial score (nSPS) is 11.1. The summed E-state index contributed by atoms with van der Waals surface area (Å²) in [6, 6.07) is 9.01. The molecule has 0 radical (unpaired) electrons. The smallest absolute Gasteiger partial charge is 0.320 e. The summed E-state index contributed by atoms with van der Waals surface area (Å²) in [5.74, 6) is -2.77. The number of likely N-dealkylation sites (N-methyl/N-ethyl adjacent to an activating group) is 1. The second kappa shape index (κ2) is 7.88. The van der Waals surface area contributed by atoms with Crippen LogP contribution in [0.3, 0.4) is 0 Å². The number of carbonyl (C=O) groups excluding carboxylic acids is 2. The fourth-order valence-electron chi connectivity index (χ4n) is 2.06. The Hall–Kier alpha value is -3.47. The lowest BCUT2D eigenvalue weighted by molar-refractivity contribution is -0.122. The number of hydrogen-bond acceptors (Lipinski definition) is 3. The van der Waals surface area contributed by atoms with Gasteiger partial charge >= 0.3 is 6.03 Å². The molecule has 0 heterocycles. The number of nitrogens with zero attached hydrogens (tertiary/aromatic N) is 1. The largest absolute Gasteiger partial charge is 0.357 e. The molecule has 0 aliphatic carbocycles. The number of hydrogen-bond donors (Lipinski definition) is 3. The van der Waals surface area contributed by atoms with Crippen LogP contribution in [0.1, 0.15) is 17.2 Å². The number of anilines is 1. The summed E-state index contributed by atoms with van der Waals surface area (Å²) in [4.78, 5) is 24.1. The van der Waals surface area contributed by atoms with Crippen LogP contribution in [0.4, 0.5) is 19.3 Å². The molecule has 6 nitrogen and oxygen atoms in total. The molecule has 128 valence electrons. The molecule has 0 aliphatic heterocycles. The van der Waals surface area contributed by atoms with Gasteiger partial charge in [-0.05, 0) is 42.0 Å². The van der Waals surface area contributed by atoms with Gasteiger partial charge in [0.25, 0.3) is 0 Å². The minimum atomic E-state index is -1.21. The highest BCUT2D eigenvalue weighted by Crippen LogP contribution is 2.17. The summed E-state index contributed by atoms with van der Waals surface area (Å²) in [7, 11) is 1.36. The van der Waals surface area contributed by atoms with E-state index >= 15 is 0 Å². The minimum absolute atomic E-state index is 0.0910. The highest BCUT2D eigenvalue weighted by atomic mass is 19.2. The van der Waals surface area contributed by atoms with Gasteiger partial charge in [-0.15, -0.1) is 0 Å². The second-order valence-electron chi connectivity index (χ2n) is 5.01. The third-order valence-electron chi connectivity index (χ3n) is 3.33. The molecule has 25 heavy (non-hydrogen) atoms. The van der Waals surface area contributed by atoms with Gasteiger partial charge < -0.3 is 16.0 Å². The van der Waals surface area contributed by atoms with Crippen LogP contribution >= 0.6 is 0 Å². The van der Waals surface area contributed by atoms with Gasteiger partial charge in [0.1, 0.15) is 6.04 Å². The first-order valence-electron chi connectivity index (χ1n) is 7.19. The van der Waals surface area contributed by atoms with Crippen LogP contribution in [0.2, 0.25) is 0 Å². The summed E-state index contributed by atoms with van der Waals surface area (Å²) in [6.45, 7) is 0. The summed E-state index contributed by atoms with van der Waals surface area (Å²) in [6.07, 6.45) is 0. The Kier molecular flexibility index (Phi) is 5.63. The quantitative estimate of drug-likeness (QED) is 0.795. The van der Waals surface area contributed by atoms with E-state index in [-0.39, 0.29) is 5.56 Å². The average molecular weight is 344 g/mol. The van der Waals surface area contributed by atoms with Gasteiger partial charge in [-0.1, -0.05) is 6.07 Å². The first-order valence-corrected chi connectivity index (χ1v) is 7.19. The Bertz CT molecular complexity index is 832. The summed E-state index contributed by atoms with van der Waals surface area (Å²) >= 11 is 0. The van der Waals surface area contributed by atoms with Gasteiger partial charge in [0.05, 0.1) is 11.6 Å². The number of amides is 3. The number of benzene rings is 2. The summed E-state index contributed by atoms with van der Waals surface area (Å²) in [5.41, 5.74) is 0.918. The average Bonchev–Trinajstić information content (AvgIpc) is 2.62. The highest BCUT2D eigenvalue weighted by Gasteiger charge is 2.23. The fourth-order valence-corrected chi connectivity index (χ4v) is 2.06. The minimum Gasteiger partial charge on any atom is -0.357 e. The Balaban J connectivity index is 2.15. The van der Waals surface area contributed by atoms with Crippen molar-refractivity contribution in [2.24, 2.45) is 0 Å². The number of urea groups is 1. The lowest BCUT2D eigenvalue weighted by atomic mass is 10.1. The lowest BCUT2D eigenvalue weighted by Crippen LogP contribution is -2.41. The van der Waals surface area contributed by atoms with E-state index < -0.39 is 29.6 Å². The zero-order valence-electron chi connectivity index (χ0n) is 13.1. The van der Waals surface area contributed by atoms with E-state index in [1.807, 2.05) is 6.07 Å². The molecule has 0 aliphatic rings. The number of nitriles is 1. The van der Waals surface area contributed by atoms with E-state index in [0.717, 1.165) is 12.1 Å². The van der Waals surface area contributed by atoms with E-state index in [1.165, 1.54) is 37.4 Å². The fraction of sp³-hybridized carbons (Fsp3) is 0.118. The van der Waals surface area contributed by atoms with Crippen LogP contribution in [0.25, 0.3) is 0 Å². The van der Waals surface area contributed by atoms with Crippen molar-refractivity contribution < 1.29 is 18.4 Å². The molecule has 2 aromatic rings. The molecular weight excluding hydrogens is 330 g/mol. The van der Waals surface area contributed by atoms with Crippen molar-refractivity contribution >= 4 is 17.6 Å². The van der Waals surface area contributed by atoms with Crippen LogP contribution in [0.15, 0.2) is 42.5 Å². The van der Waals surface area contributed by atoms with Crippen LogP contribution in [0.5, 0.6) is 0 Å². The van der Waals surface area contributed by atoms with Crippen LogP contribution in [-0.2, 0) is 4.79 Å². The van der Waals surface area contributed by atoms with Gasteiger partial charge in [-0.2, -0.15) is 5.26 Å². The monoisotopic (exact) mass is 344 g/mol. The maximum atomic E-state index is 13.4. The number of rotatable bonds is 4. The Morgan fingerprint density at radius 1 is 1.08 bits per heavy atom. The first-order chi connectivity index (χ1) is 11.9. The zero-order valence-corrected chi connectivity index (χ0v) is 13.1. The van der Waals surface area contributed by atoms with Crippen molar-refractivity contribution in [3.05, 3.63) is 65.2 Å². The van der Waals surface area contributed by atoms with Crippen molar-refractivity contribution in [1.82, 2.24) is 10.6 Å². The molecule has 8 heteroatoms. The van der Waals surface area contributed by atoms with Crippen molar-refractivity contribution in [2.75, 3.05) is 12.4 Å². The van der Waals surface area contributed by atoms with Gasteiger partial charge in [0.2, 0.25) is 5.91 Å². The van der Waals surface area contributed by atoms with E-state index in [9.17, 15) is 18.4 Å². The molecule has 2 aromatic carbocycles. The molecule has 3 N–H and O–H groups in total. The van der Waals surface area contributed by atoms with Crippen molar-refractivity contribution in [1.29, 1.82) is 5.26 Å². The van der Waals surface area contributed by atoms with E-state index in [2.05, 4.69) is 16.0 Å². The van der Waals surface area contributed by atoms with Crippen molar-refractivity contribution in [3.63, 3.8) is 0 Å². The zero-order chi connectivity index (χ0) is 18.4. The van der Waals surface area contributed by atoms with Crippen molar-refractivity contribution in [2.45, 2.75) is 6.04 Å². The molecular formula is C17H14F2N4O2. The van der Waals surface area contributed by atoms with Crippen LogP contribution in [0, 0.1) is 23.0 Å². The molecule has 0 spiro atoms. The second-order valence-corrected chi connectivity index (χ2v) is 5.01. The van der Waals surface area contributed by atoms with E-state index in [0.29, 0.717) is 11.3 Å². The third kappa shape index (κ3) is 4.51. The number of halogens is 2. The standard InChI is InChI=1S/C17H14F2N4O2/c1-21-16(24)15(11-4-7-13(18)14(19)8-11)23-17(25)22-12-5-2-10(9-20)3-6-12/h2-8,15H,1H3,(H,21,24)(H2,22,23,25). The Morgan fingerprint density at radius 3 is 2.32 bits per heavy atom. The number of carbonyl (C=O) groups is 2. The molecule has 3 amide bonds. The van der Waals surface area contributed by atoms with Gasteiger partial charge in [-0.25, -0.2) is 13.6 Å². The van der Waals surface area contributed by atoms with Crippen molar-refractivity contribution in [3.8, 4) is 6.07 Å². The van der Waals surface area contributed by atoms with Crippen LogP contribution in [-0.4, -0.2) is 19.0 Å². The summed E-state index contributed by atoms with van der Waals surface area (Å²) < 4.78 is 26.5. The van der Waals surface area contributed by atoms with E-state index in [1.54, 1.807) is 0 Å². The maximum absolute atomic E-state index is 13.4. The molecule has 0 fully saturated rings. The predicted molar refractivity (Wildman–Crippen MR) is 86.5 cm³/mol. The maximum Gasteiger partial charge on any atom is 0.320 e. The predicted octanol–water partition coefficient (Wildman–Crippen LogP) is 2.45. The molecule has 2 rings (SSSR count). The molecule has 1 atom stereocenters. The third-order valence-corrected chi connectivity index (χ3v) is 3.33. The number of nitrogens with one attached hydrogen (secondary N) is 3. The SMILES string of the molecule is CNC(=O)C(NC(=O)Nc1ccc(C#N)cc1)c1ccc(F)c(F)c1.